The summed E-state index contributed by atoms with van der Waals surface area (Å²) in [4.78, 5) is 14.1. The van der Waals surface area contributed by atoms with Gasteiger partial charge in [0.2, 0.25) is 0 Å². The molecule has 2 N–H and O–H groups in total. The van der Waals surface area contributed by atoms with Gasteiger partial charge in [-0.2, -0.15) is 0 Å². The van der Waals surface area contributed by atoms with Crippen LogP contribution in [0.1, 0.15) is 43.3 Å². The molecule has 2 fully saturated rings. The van der Waals surface area contributed by atoms with Crippen LogP contribution in [0.25, 0.3) is 0 Å². The fourth-order valence-corrected chi connectivity index (χ4v) is 4.91. The average Bonchev–Trinajstić information content (AvgIpc) is 3.12. The van der Waals surface area contributed by atoms with E-state index in [1.807, 2.05) is 7.05 Å². The zero-order chi connectivity index (χ0) is 20.6. The second-order valence-electron chi connectivity index (χ2n) is 8.68. The van der Waals surface area contributed by atoms with Crippen LogP contribution in [-0.2, 0) is 6.54 Å². The summed E-state index contributed by atoms with van der Waals surface area (Å²) >= 11 is 1.75. The molecule has 1 aromatic rings. The number of hydrogen-bond donors (Lipinski definition) is 2. The van der Waals surface area contributed by atoms with Crippen LogP contribution in [0.5, 0.6) is 0 Å². The zero-order valence-corrected chi connectivity index (χ0v) is 19.2. The van der Waals surface area contributed by atoms with Crippen molar-refractivity contribution >= 4 is 17.3 Å². The summed E-state index contributed by atoms with van der Waals surface area (Å²) in [7, 11) is 1.88. The maximum Gasteiger partial charge on any atom is 0.191 e. The van der Waals surface area contributed by atoms with E-state index in [9.17, 15) is 0 Å². The molecule has 29 heavy (non-hydrogen) atoms. The van der Waals surface area contributed by atoms with Gasteiger partial charge in [0.15, 0.2) is 5.96 Å². The molecule has 0 amide bonds. The minimum Gasteiger partial charge on any atom is -0.356 e. The summed E-state index contributed by atoms with van der Waals surface area (Å²) in [5.41, 5.74) is 2.48. The van der Waals surface area contributed by atoms with Crippen molar-refractivity contribution in [2.75, 3.05) is 46.3 Å². The van der Waals surface area contributed by atoms with E-state index in [4.69, 9.17) is 0 Å². The van der Waals surface area contributed by atoms with Crippen molar-refractivity contribution in [3.05, 3.63) is 28.2 Å². The van der Waals surface area contributed by atoms with Gasteiger partial charge in [-0.15, -0.1) is 11.3 Å². The quantitative estimate of drug-likeness (QED) is 0.405. The smallest absolute Gasteiger partial charge is 0.191 e. The van der Waals surface area contributed by atoms with Crippen LogP contribution in [0.15, 0.2) is 22.5 Å². The van der Waals surface area contributed by atoms with Crippen molar-refractivity contribution < 1.29 is 0 Å². The summed E-state index contributed by atoms with van der Waals surface area (Å²) in [6.45, 7) is 15.9. The number of aryl methyl sites for hydroxylation is 1. The van der Waals surface area contributed by atoms with Gasteiger partial charge in [0.25, 0.3) is 0 Å². The third-order valence-corrected chi connectivity index (χ3v) is 6.79. The fourth-order valence-electron chi connectivity index (χ4n) is 4.30. The maximum atomic E-state index is 4.60. The van der Waals surface area contributed by atoms with E-state index in [0.717, 1.165) is 57.7 Å². The van der Waals surface area contributed by atoms with Crippen molar-refractivity contribution in [2.45, 2.75) is 52.1 Å². The number of guanidine groups is 1. The predicted molar refractivity (Wildman–Crippen MR) is 124 cm³/mol. The van der Waals surface area contributed by atoms with Gasteiger partial charge < -0.3 is 10.6 Å². The van der Waals surface area contributed by atoms with E-state index in [1.54, 1.807) is 11.3 Å². The fraction of sp³-hybridized carbons (Fsp3) is 0.727. The number of piperidine rings is 2. The number of aromatic nitrogens is 1. The third-order valence-electron chi connectivity index (χ3n) is 5.96. The molecule has 0 aliphatic carbocycles. The summed E-state index contributed by atoms with van der Waals surface area (Å²) < 4.78 is 0. The number of likely N-dealkylation sites (tertiary alicyclic amines) is 2. The molecule has 2 aliphatic rings. The van der Waals surface area contributed by atoms with Crippen LogP contribution < -0.4 is 10.6 Å². The van der Waals surface area contributed by atoms with Crippen molar-refractivity contribution in [3.63, 3.8) is 0 Å². The first-order chi connectivity index (χ1) is 14.0. The zero-order valence-electron chi connectivity index (χ0n) is 18.4. The molecule has 3 heterocycles. The van der Waals surface area contributed by atoms with Gasteiger partial charge in [-0.05, 0) is 58.5 Å². The second kappa shape index (κ2) is 11.1. The van der Waals surface area contributed by atoms with E-state index in [-0.39, 0.29) is 0 Å². The SMILES string of the molecule is C=C(C)CN1CCC(NC(=NC)NCC2CCN(Cc3csc(C)n3)CC2)CC1. The molecule has 3 rings (SSSR count). The van der Waals surface area contributed by atoms with E-state index in [1.165, 1.54) is 42.0 Å². The van der Waals surface area contributed by atoms with Crippen molar-refractivity contribution in [1.29, 1.82) is 0 Å². The van der Waals surface area contributed by atoms with Gasteiger partial charge in [-0.1, -0.05) is 12.2 Å². The lowest BCUT2D eigenvalue weighted by Crippen LogP contribution is -2.50. The highest BCUT2D eigenvalue weighted by atomic mass is 32.1. The molecule has 0 spiro atoms. The van der Waals surface area contributed by atoms with Gasteiger partial charge in [-0.25, -0.2) is 4.98 Å². The molecule has 7 heteroatoms. The first-order valence-electron chi connectivity index (χ1n) is 11.0. The van der Waals surface area contributed by atoms with Crippen LogP contribution in [0.4, 0.5) is 0 Å². The van der Waals surface area contributed by atoms with Crippen LogP contribution in [0.2, 0.25) is 0 Å². The number of thiazole rings is 1. The lowest BCUT2D eigenvalue weighted by Gasteiger charge is -2.34. The average molecular weight is 419 g/mol. The van der Waals surface area contributed by atoms with Crippen molar-refractivity contribution in [1.82, 2.24) is 25.4 Å². The van der Waals surface area contributed by atoms with Crippen LogP contribution in [0, 0.1) is 12.8 Å². The molecule has 0 atom stereocenters. The highest BCUT2D eigenvalue weighted by Crippen LogP contribution is 2.19. The standard InChI is InChI=1S/C22H38N6S/c1-17(2)14-27-11-7-20(8-12-27)26-22(23-4)24-13-19-5-9-28(10-6-19)15-21-16-29-18(3)25-21/h16,19-20H,1,5-15H2,2-4H3,(H2,23,24,26). The Labute approximate surface area is 180 Å². The predicted octanol–water partition coefficient (Wildman–Crippen LogP) is 2.87. The summed E-state index contributed by atoms with van der Waals surface area (Å²) in [6.07, 6.45) is 4.82. The van der Waals surface area contributed by atoms with Gasteiger partial charge in [0.05, 0.1) is 10.7 Å². The Morgan fingerprint density at radius 2 is 1.90 bits per heavy atom. The van der Waals surface area contributed by atoms with E-state index in [2.05, 4.69) is 56.2 Å². The molecular formula is C22H38N6S. The number of rotatable bonds is 7. The molecule has 0 radical (unpaired) electrons. The minimum absolute atomic E-state index is 0.519. The van der Waals surface area contributed by atoms with Crippen LogP contribution in [-0.4, -0.2) is 73.1 Å². The topological polar surface area (TPSA) is 55.8 Å². The van der Waals surface area contributed by atoms with Gasteiger partial charge in [0.1, 0.15) is 0 Å². The first-order valence-corrected chi connectivity index (χ1v) is 11.9. The largest absolute Gasteiger partial charge is 0.356 e. The Bertz CT molecular complexity index is 669. The van der Waals surface area contributed by atoms with Crippen molar-refractivity contribution in [2.24, 2.45) is 10.9 Å². The van der Waals surface area contributed by atoms with Crippen LogP contribution in [0.3, 0.4) is 0 Å². The molecule has 162 valence electrons. The Morgan fingerprint density at radius 3 is 2.48 bits per heavy atom. The Hall–Kier alpha value is -1.44. The minimum atomic E-state index is 0.519. The highest BCUT2D eigenvalue weighted by Gasteiger charge is 2.22. The van der Waals surface area contributed by atoms with E-state index >= 15 is 0 Å². The molecule has 1 aromatic heterocycles. The molecule has 0 unspecified atom stereocenters. The summed E-state index contributed by atoms with van der Waals surface area (Å²) in [6, 6.07) is 0.519. The van der Waals surface area contributed by atoms with Gasteiger partial charge in [0, 0.05) is 51.2 Å². The second-order valence-corrected chi connectivity index (χ2v) is 9.74. The third kappa shape index (κ3) is 7.39. The molecule has 0 bridgehead atoms. The number of hydrogen-bond acceptors (Lipinski definition) is 5. The molecule has 2 aliphatic heterocycles. The summed E-state index contributed by atoms with van der Waals surface area (Å²) in [5, 5.41) is 10.6. The molecule has 0 aromatic carbocycles. The maximum absolute atomic E-state index is 4.60. The Balaban J connectivity index is 1.32. The Morgan fingerprint density at radius 1 is 1.21 bits per heavy atom. The molecule has 2 saturated heterocycles. The lowest BCUT2D eigenvalue weighted by atomic mass is 9.97. The van der Waals surface area contributed by atoms with Gasteiger partial charge in [-0.3, -0.25) is 14.8 Å². The summed E-state index contributed by atoms with van der Waals surface area (Å²) in [5.74, 6) is 1.68. The Kier molecular flexibility index (Phi) is 8.51. The number of aliphatic imine (C=N–C) groups is 1. The van der Waals surface area contributed by atoms with E-state index < -0.39 is 0 Å². The van der Waals surface area contributed by atoms with E-state index in [0.29, 0.717) is 6.04 Å². The number of nitrogens with zero attached hydrogens (tertiary/aromatic N) is 4. The van der Waals surface area contributed by atoms with Crippen LogP contribution >= 0.6 is 11.3 Å². The molecule has 0 saturated carbocycles. The van der Waals surface area contributed by atoms with Gasteiger partial charge >= 0.3 is 0 Å². The lowest BCUT2D eigenvalue weighted by molar-refractivity contribution is 0.176. The molecule has 6 nitrogen and oxygen atoms in total. The number of nitrogens with one attached hydrogen (secondary N) is 2. The monoisotopic (exact) mass is 418 g/mol. The molecular weight excluding hydrogens is 380 g/mol. The van der Waals surface area contributed by atoms with Crippen molar-refractivity contribution in [3.8, 4) is 0 Å². The highest BCUT2D eigenvalue weighted by molar-refractivity contribution is 7.09. The normalized spacial score (nSPS) is 20.7. The first kappa shape index (κ1) is 22.2.